The van der Waals surface area contributed by atoms with Crippen molar-refractivity contribution in [2.24, 2.45) is 0 Å². The third-order valence-corrected chi connectivity index (χ3v) is 6.67. The molecule has 0 saturated carbocycles. The van der Waals surface area contributed by atoms with Crippen molar-refractivity contribution >= 4 is 33.9 Å². The normalized spacial score (nSPS) is 21.4. The quantitative estimate of drug-likeness (QED) is 0.371. The molecule has 1 unspecified atom stereocenters. The van der Waals surface area contributed by atoms with E-state index in [9.17, 15) is 0 Å². The fraction of sp³-hybridized carbons (Fsp3) is 0.304. The number of nitrogens with zero attached hydrogens (tertiary/aromatic N) is 5. The molecule has 0 aliphatic carbocycles. The monoisotopic (exact) mass is 429 g/mol. The maximum Gasteiger partial charge on any atom is 0.145 e. The van der Waals surface area contributed by atoms with Crippen molar-refractivity contribution in [3.8, 4) is 0 Å². The molecule has 6 rings (SSSR count). The van der Waals surface area contributed by atoms with Crippen LogP contribution in [0.15, 0.2) is 48.9 Å². The number of nitrogens with one attached hydrogen (secondary N) is 3. The number of nitrogens with two attached hydrogens (primary N) is 1. The van der Waals surface area contributed by atoms with Crippen molar-refractivity contribution in [1.82, 2.24) is 30.3 Å². The maximum absolute atomic E-state index is 6.12. The smallest absolute Gasteiger partial charge is 0.145 e. The van der Waals surface area contributed by atoms with Gasteiger partial charge in [-0.1, -0.05) is 6.07 Å². The molecular weight excluding hydrogens is 402 g/mol. The zero-order chi connectivity index (χ0) is 21.9. The van der Waals surface area contributed by atoms with Gasteiger partial charge in [0.2, 0.25) is 0 Å². The molecule has 4 heterocycles. The molecule has 2 aliphatic rings. The van der Waals surface area contributed by atoms with Crippen LogP contribution in [0, 0.1) is 0 Å². The second-order valence-corrected chi connectivity index (χ2v) is 8.86. The van der Waals surface area contributed by atoms with E-state index in [1.54, 1.807) is 12.5 Å². The topological polar surface area (TPSA) is 105 Å². The number of aromatic amines is 2. The number of likely N-dealkylation sites (N-methyl/N-ethyl adjacent to an activating group) is 1. The van der Waals surface area contributed by atoms with Crippen LogP contribution >= 0.6 is 0 Å². The summed E-state index contributed by atoms with van der Waals surface area (Å²) in [5.41, 5.74) is 15.2. The van der Waals surface area contributed by atoms with Gasteiger partial charge in [-0.2, -0.15) is 0 Å². The van der Waals surface area contributed by atoms with E-state index in [0.717, 1.165) is 60.1 Å². The Morgan fingerprint density at radius 1 is 1.06 bits per heavy atom. The zero-order valence-corrected chi connectivity index (χ0v) is 18.3. The van der Waals surface area contributed by atoms with Crippen molar-refractivity contribution in [3.63, 3.8) is 0 Å². The van der Waals surface area contributed by atoms with Gasteiger partial charge in [-0.3, -0.25) is 5.01 Å². The summed E-state index contributed by atoms with van der Waals surface area (Å²) in [5, 5.41) is 1.99. The van der Waals surface area contributed by atoms with Crippen molar-refractivity contribution in [2.45, 2.75) is 12.5 Å². The average molecular weight is 430 g/mol. The summed E-state index contributed by atoms with van der Waals surface area (Å²) < 4.78 is 0. The highest BCUT2D eigenvalue weighted by Gasteiger charge is 2.43. The summed E-state index contributed by atoms with van der Waals surface area (Å²) in [5.74, 6) is 1.70. The molecule has 32 heavy (non-hydrogen) atoms. The Kier molecular flexibility index (Phi) is 4.17. The predicted octanol–water partition coefficient (Wildman–Crippen LogP) is 2.54. The first-order chi connectivity index (χ1) is 15.5. The first-order valence-corrected chi connectivity index (χ1v) is 10.9. The minimum absolute atomic E-state index is 0.554. The minimum atomic E-state index is -0.554. The van der Waals surface area contributed by atoms with Crippen LogP contribution in [-0.2, 0) is 5.54 Å². The number of piperazine rings is 1. The van der Waals surface area contributed by atoms with Crippen LogP contribution < -0.4 is 21.1 Å². The molecule has 164 valence electrons. The lowest BCUT2D eigenvalue weighted by atomic mass is 9.92. The van der Waals surface area contributed by atoms with Crippen LogP contribution in [0.2, 0.25) is 0 Å². The summed E-state index contributed by atoms with van der Waals surface area (Å²) in [6, 6.07) is 12.5. The van der Waals surface area contributed by atoms with Crippen LogP contribution in [0.4, 0.5) is 22.9 Å². The molecule has 9 heteroatoms. The van der Waals surface area contributed by atoms with Crippen molar-refractivity contribution in [3.05, 3.63) is 60.3 Å². The Hall–Kier alpha value is -3.56. The summed E-state index contributed by atoms with van der Waals surface area (Å²) in [6.07, 6.45) is 3.45. The molecule has 9 nitrogen and oxygen atoms in total. The number of imidazole rings is 2. The van der Waals surface area contributed by atoms with Gasteiger partial charge in [0.05, 0.1) is 29.2 Å². The van der Waals surface area contributed by atoms with E-state index in [0.29, 0.717) is 5.69 Å². The van der Waals surface area contributed by atoms with Gasteiger partial charge < -0.3 is 25.5 Å². The number of benzene rings is 2. The molecule has 1 atom stereocenters. The lowest BCUT2D eigenvalue weighted by Crippen LogP contribution is -2.44. The number of fused-ring (bicyclic) bond motifs is 2. The molecule has 2 aliphatic heterocycles. The van der Waals surface area contributed by atoms with Gasteiger partial charge in [0.1, 0.15) is 17.2 Å². The van der Waals surface area contributed by atoms with Gasteiger partial charge in [0.15, 0.2) is 0 Å². The molecule has 5 N–H and O–H groups in total. The molecule has 0 spiro atoms. The third kappa shape index (κ3) is 2.93. The van der Waals surface area contributed by atoms with E-state index in [4.69, 9.17) is 10.7 Å². The predicted molar refractivity (Wildman–Crippen MR) is 127 cm³/mol. The molecule has 2 aromatic heterocycles. The number of rotatable bonds is 3. The van der Waals surface area contributed by atoms with E-state index in [1.165, 1.54) is 5.69 Å². The lowest BCUT2D eigenvalue weighted by Gasteiger charge is -2.34. The van der Waals surface area contributed by atoms with Crippen LogP contribution in [0.3, 0.4) is 0 Å². The Morgan fingerprint density at radius 2 is 1.91 bits per heavy atom. The van der Waals surface area contributed by atoms with Gasteiger partial charge in [-0.15, -0.1) is 0 Å². The lowest BCUT2D eigenvalue weighted by molar-refractivity contribution is 0.313. The summed E-state index contributed by atoms with van der Waals surface area (Å²) in [7, 11) is 2.18. The van der Waals surface area contributed by atoms with E-state index in [2.05, 4.69) is 68.4 Å². The maximum atomic E-state index is 6.12. The fourth-order valence-corrected chi connectivity index (χ4v) is 4.74. The highest BCUT2D eigenvalue weighted by Crippen LogP contribution is 2.44. The Morgan fingerprint density at radius 3 is 2.69 bits per heavy atom. The Bertz CT molecular complexity index is 1270. The standard InChI is InChI=1S/C23H27N9/c1-23(17-5-3-15(24)11-20(17)32(29-23)21-13-25-14-26-21)22-27-18-6-4-16(12-19(18)28-22)31-9-7-30(2)8-10-31/h3-6,11-14,29H,7-10,24H2,1-2H3,(H,25,26)(H,27,28). The van der Waals surface area contributed by atoms with Gasteiger partial charge >= 0.3 is 0 Å². The highest BCUT2D eigenvalue weighted by atomic mass is 15.6. The van der Waals surface area contributed by atoms with Crippen molar-refractivity contribution < 1.29 is 0 Å². The second-order valence-electron chi connectivity index (χ2n) is 8.86. The average Bonchev–Trinajstić information content (AvgIpc) is 3.52. The molecular formula is C23H27N9. The first-order valence-electron chi connectivity index (χ1n) is 10.9. The molecule has 2 aromatic carbocycles. The number of hydrogen-bond donors (Lipinski definition) is 4. The van der Waals surface area contributed by atoms with Gasteiger partial charge in [0.25, 0.3) is 0 Å². The second kappa shape index (κ2) is 6.98. The minimum Gasteiger partial charge on any atom is -0.399 e. The van der Waals surface area contributed by atoms with Crippen LogP contribution in [0.5, 0.6) is 0 Å². The molecule has 1 fully saturated rings. The van der Waals surface area contributed by atoms with E-state index in [-0.39, 0.29) is 0 Å². The molecule has 0 amide bonds. The number of H-pyrrole nitrogens is 2. The van der Waals surface area contributed by atoms with Crippen LogP contribution in [0.1, 0.15) is 18.3 Å². The molecule has 0 bridgehead atoms. The zero-order valence-electron chi connectivity index (χ0n) is 18.3. The number of hydrogen-bond acceptors (Lipinski definition) is 7. The van der Waals surface area contributed by atoms with Crippen LogP contribution in [0.25, 0.3) is 11.0 Å². The summed E-state index contributed by atoms with van der Waals surface area (Å²) in [6.45, 7) is 6.37. The first kappa shape index (κ1) is 19.1. The fourth-order valence-electron chi connectivity index (χ4n) is 4.74. The third-order valence-electron chi connectivity index (χ3n) is 6.67. The molecule has 0 radical (unpaired) electrons. The number of aromatic nitrogens is 4. The number of nitrogen functional groups attached to an aromatic ring is 1. The Labute approximate surface area is 186 Å². The van der Waals surface area contributed by atoms with E-state index < -0.39 is 5.54 Å². The van der Waals surface area contributed by atoms with Gasteiger partial charge in [-0.05, 0) is 44.3 Å². The highest BCUT2D eigenvalue weighted by molar-refractivity contribution is 5.81. The number of hydrazine groups is 1. The summed E-state index contributed by atoms with van der Waals surface area (Å²) in [4.78, 5) is 20.7. The van der Waals surface area contributed by atoms with Crippen LogP contribution in [-0.4, -0.2) is 58.1 Å². The Balaban J connectivity index is 1.40. The number of anilines is 4. The molecule has 1 saturated heterocycles. The van der Waals surface area contributed by atoms with Crippen molar-refractivity contribution in [1.29, 1.82) is 0 Å². The van der Waals surface area contributed by atoms with E-state index in [1.807, 2.05) is 17.1 Å². The largest absolute Gasteiger partial charge is 0.399 e. The van der Waals surface area contributed by atoms with Gasteiger partial charge in [-0.25, -0.2) is 15.4 Å². The molecule has 4 aromatic rings. The van der Waals surface area contributed by atoms with E-state index >= 15 is 0 Å². The van der Waals surface area contributed by atoms with Crippen molar-refractivity contribution in [2.75, 3.05) is 48.9 Å². The summed E-state index contributed by atoms with van der Waals surface area (Å²) >= 11 is 0. The SMILES string of the molecule is CN1CCN(c2ccc3nc(C4(C)NN(c5cnc[nH]5)c5cc(N)ccc54)[nH]c3c2)CC1. The van der Waals surface area contributed by atoms with Gasteiger partial charge in [0, 0.05) is 43.1 Å².